The normalized spacial score (nSPS) is 16.6. The van der Waals surface area contributed by atoms with Crippen molar-refractivity contribution in [3.05, 3.63) is 29.8 Å². The molecule has 0 aliphatic heterocycles. The number of anilines is 1. The summed E-state index contributed by atoms with van der Waals surface area (Å²) in [7, 11) is 1.92. The summed E-state index contributed by atoms with van der Waals surface area (Å²) >= 11 is 0. The number of carbonyl (C=O) groups excluding carboxylic acids is 1. The van der Waals surface area contributed by atoms with Crippen LogP contribution >= 0.6 is 0 Å². The Labute approximate surface area is 103 Å². The zero-order chi connectivity index (χ0) is 12.3. The maximum Gasteiger partial charge on any atom is 0.224 e. The molecule has 1 aliphatic carbocycles. The molecule has 0 aromatic heterocycles. The predicted octanol–water partition coefficient (Wildman–Crippen LogP) is 2.71. The lowest BCUT2D eigenvalue weighted by atomic mass is 10.1. The molecule has 92 valence electrons. The molecule has 1 fully saturated rings. The fourth-order valence-corrected chi connectivity index (χ4v) is 1.93. The number of benzene rings is 1. The molecule has 1 aromatic carbocycles. The van der Waals surface area contributed by atoms with Crippen LogP contribution in [-0.2, 0) is 4.79 Å². The first-order valence-electron chi connectivity index (χ1n) is 6.26. The molecule has 0 radical (unpaired) electrons. The second kappa shape index (κ2) is 5.32. The lowest BCUT2D eigenvalue weighted by molar-refractivity contribution is -0.116. The summed E-state index contributed by atoms with van der Waals surface area (Å²) in [4.78, 5) is 11.8. The van der Waals surface area contributed by atoms with Crippen LogP contribution in [0.4, 0.5) is 5.69 Å². The summed E-state index contributed by atoms with van der Waals surface area (Å²) in [5, 5.41) is 6.21. The predicted molar refractivity (Wildman–Crippen MR) is 69.9 cm³/mol. The van der Waals surface area contributed by atoms with Gasteiger partial charge in [0.25, 0.3) is 0 Å². The molecule has 1 unspecified atom stereocenters. The number of para-hydroxylation sites is 1. The van der Waals surface area contributed by atoms with E-state index in [9.17, 15) is 4.79 Å². The highest BCUT2D eigenvalue weighted by Crippen LogP contribution is 2.33. The lowest BCUT2D eigenvalue weighted by Crippen LogP contribution is -2.18. The molecule has 2 N–H and O–H groups in total. The second-order valence-electron chi connectivity index (χ2n) is 4.79. The molecule has 0 spiro atoms. The molecule has 1 atom stereocenters. The van der Waals surface area contributed by atoms with Crippen molar-refractivity contribution >= 4 is 11.6 Å². The van der Waals surface area contributed by atoms with Gasteiger partial charge < -0.3 is 10.6 Å². The molecular formula is C14H20N2O. The van der Waals surface area contributed by atoms with Gasteiger partial charge in [-0.2, -0.15) is 0 Å². The van der Waals surface area contributed by atoms with Gasteiger partial charge in [0.05, 0.1) is 0 Å². The van der Waals surface area contributed by atoms with Gasteiger partial charge in [0.15, 0.2) is 0 Å². The average molecular weight is 232 g/mol. The third kappa shape index (κ3) is 3.30. The van der Waals surface area contributed by atoms with Crippen LogP contribution < -0.4 is 10.6 Å². The molecule has 0 bridgehead atoms. The standard InChI is InChI=1S/C14H20N2O/c1-10(15-2)12-5-3-4-6-13(12)16-14(17)9-11-7-8-11/h3-6,10-11,15H,7-9H2,1-2H3,(H,16,17). The topological polar surface area (TPSA) is 41.1 Å². The van der Waals surface area contributed by atoms with Crippen molar-refractivity contribution in [1.82, 2.24) is 5.32 Å². The van der Waals surface area contributed by atoms with Crippen molar-refractivity contribution < 1.29 is 4.79 Å². The first kappa shape index (κ1) is 12.1. The monoisotopic (exact) mass is 232 g/mol. The van der Waals surface area contributed by atoms with Gasteiger partial charge in [-0.1, -0.05) is 18.2 Å². The molecule has 1 aromatic rings. The van der Waals surface area contributed by atoms with Crippen molar-refractivity contribution in [1.29, 1.82) is 0 Å². The first-order valence-corrected chi connectivity index (χ1v) is 6.26. The van der Waals surface area contributed by atoms with E-state index < -0.39 is 0 Å². The van der Waals surface area contributed by atoms with Gasteiger partial charge in [-0.05, 0) is 44.4 Å². The maximum absolute atomic E-state index is 11.8. The van der Waals surface area contributed by atoms with E-state index in [1.165, 1.54) is 12.8 Å². The Morgan fingerprint density at radius 3 is 2.76 bits per heavy atom. The van der Waals surface area contributed by atoms with E-state index in [2.05, 4.69) is 17.6 Å². The molecule has 3 nitrogen and oxygen atoms in total. The Bertz CT molecular complexity index is 399. The van der Waals surface area contributed by atoms with E-state index in [4.69, 9.17) is 0 Å². The van der Waals surface area contributed by atoms with Crippen LogP contribution in [0.1, 0.15) is 37.8 Å². The van der Waals surface area contributed by atoms with Gasteiger partial charge in [0, 0.05) is 18.2 Å². The minimum Gasteiger partial charge on any atom is -0.326 e. The summed E-state index contributed by atoms with van der Waals surface area (Å²) in [6.07, 6.45) is 3.09. The van der Waals surface area contributed by atoms with Gasteiger partial charge in [-0.25, -0.2) is 0 Å². The number of hydrogen-bond acceptors (Lipinski definition) is 2. The number of hydrogen-bond donors (Lipinski definition) is 2. The van der Waals surface area contributed by atoms with Crippen molar-refractivity contribution in [2.75, 3.05) is 12.4 Å². The Kier molecular flexibility index (Phi) is 3.79. The van der Waals surface area contributed by atoms with Gasteiger partial charge in [-0.3, -0.25) is 4.79 Å². The van der Waals surface area contributed by atoms with Crippen LogP contribution in [0.2, 0.25) is 0 Å². The van der Waals surface area contributed by atoms with E-state index >= 15 is 0 Å². The maximum atomic E-state index is 11.8. The summed E-state index contributed by atoms with van der Waals surface area (Å²) < 4.78 is 0. The van der Waals surface area contributed by atoms with E-state index in [1.54, 1.807) is 0 Å². The summed E-state index contributed by atoms with van der Waals surface area (Å²) in [6.45, 7) is 2.09. The Morgan fingerprint density at radius 2 is 2.12 bits per heavy atom. The largest absolute Gasteiger partial charge is 0.326 e. The second-order valence-corrected chi connectivity index (χ2v) is 4.79. The molecule has 0 heterocycles. The fourth-order valence-electron chi connectivity index (χ4n) is 1.93. The van der Waals surface area contributed by atoms with Crippen LogP contribution in [0.3, 0.4) is 0 Å². The minimum absolute atomic E-state index is 0.142. The number of amides is 1. The number of carbonyl (C=O) groups is 1. The van der Waals surface area contributed by atoms with Crippen molar-refractivity contribution in [2.24, 2.45) is 5.92 Å². The summed E-state index contributed by atoms with van der Waals surface area (Å²) in [5.41, 5.74) is 2.07. The Morgan fingerprint density at radius 1 is 1.41 bits per heavy atom. The average Bonchev–Trinajstić information content (AvgIpc) is 3.12. The Hall–Kier alpha value is -1.35. The van der Waals surface area contributed by atoms with Crippen molar-refractivity contribution in [3.8, 4) is 0 Å². The molecule has 17 heavy (non-hydrogen) atoms. The third-order valence-electron chi connectivity index (χ3n) is 3.31. The SMILES string of the molecule is CNC(C)c1ccccc1NC(=O)CC1CC1. The van der Waals surface area contributed by atoms with Crippen molar-refractivity contribution in [3.63, 3.8) is 0 Å². The fraction of sp³-hybridized carbons (Fsp3) is 0.500. The molecule has 3 heteroatoms. The Balaban J connectivity index is 2.05. The highest BCUT2D eigenvalue weighted by molar-refractivity contribution is 5.91. The number of nitrogens with one attached hydrogen (secondary N) is 2. The minimum atomic E-state index is 0.142. The van der Waals surface area contributed by atoms with E-state index in [1.807, 2.05) is 31.3 Å². The molecule has 0 saturated heterocycles. The van der Waals surface area contributed by atoms with Crippen LogP contribution in [0.15, 0.2) is 24.3 Å². The molecule has 1 amide bonds. The summed E-state index contributed by atoms with van der Waals surface area (Å²) in [5.74, 6) is 0.770. The van der Waals surface area contributed by atoms with E-state index in [0.29, 0.717) is 12.3 Å². The quantitative estimate of drug-likeness (QED) is 0.819. The molecule has 2 rings (SSSR count). The van der Waals surface area contributed by atoms with E-state index in [0.717, 1.165) is 11.3 Å². The highest BCUT2D eigenvalue weighted by atomic mass is 16.1. The first-order chi connectivity index (χ1) is 8.20. The van der Waals surface area contributed by atoms with Crippen LogP contribution in [-0.4, -0.2) is 13.0 Å². The smallest absolute Gasteiger partial charge is 0.224 e. The van der Waals surface area contributed by atoms with Crippen LogP contribution in [0.25, 0.3) is 0 Å². The number of rotatable bonds is 5. The molecular weight excluding hydrogens is 212 g/mol. The van der Waals surface area contributed by atoms with Gasteiger partial charge in [0.2, 0.25) is 5.91 Å². The van der Waals surface area contributed by atoms with Gasteiger partial charge >= 0.3 is 0 Å². The zero-order valence-electron chi connectivity index (χ0n) is 10.5. The van der Waals surface area contributed by atoms with Crippen LogP contribution in [0, 0.1) is 5.92 Å². The molecule has 1 saturated carbocycles. The van der Waals surface area contributed by atoms with Gasteiger partial charge in [0.1, 0.15) is 0 Å². The lowest BCUT2D eigenvalue weighted by Gasteiger charge is -2.16. The van der Waals surface area contributed by atoms with Gasteiger partial charge in [-0.15, -0.1) is 0 Å². The third-order valence-corrected chi connectivity index (χ3v) is 3.31. The van der Waals surface area contributed by atoms with Crippen LogP contribution in [0.5, 0.6) is 0 Å². The highest BCUT2D eigenvalue weighted by Gasteiger charge is 2.24. The van der Waals surface area contributed by atoms with E-state index in [-0.39, 0.29) is 11.9 Å². The van der Waals surface area contributed by atoms with Crippen molar-refractivity contribution in [2.45, 2.75) is 32.2 Å². The molecule has 1 aliphatic rings. The summed E-state index contributed by atoms with van der Waals surface area (Å²) in [6, 6.07) is 8.22. The zero-order valence-corrected chi connectivity index (χ0v) is 10.5.